The van der Waals surface area contributed by atoms with Gasteiger partial charge in [-0.3, -0.25) is 4.79 Å². The molecule has 27 heavy (non-hydrogen) atoms. The normalized spacial score (nSPS) is 10.7. The number of benzene rings is 2. The summed E-state index contributed by atoms with van der Waals surface area (Å²) in [6, 6.07) is 16.4. The molecule has 0 bridgehead atoms. The highest BCUT2D eigenvalue weighted by Gasteiger charge is 2.09. The Labute approximate surface area is 154 Å². The molecule has 7 heteroatoms. The number of rotatable bonds is 4. The average Bonchev–Trinajstić information content (AvgIpc) is 3.11. The number of hydrogen-bond donors (Lipinski definition) is 1. The molecule has 0 radical (unpaired) electrons. The second-order valence-electron chi connectivity index (χ2n) is 5.85. The quantitative estimate of drug-likeness (QED) is 0.600. The van der Waals surface area contributed by atoms with Gasteiger partial charge < -0.3 is 10.1 Å². The number of halogens is 1. The highest BCUT2D eigenvalue weighted by atomic mass is 19.1. The van der Waals surface area contributed by atoms with E-state index >= 15 is 0 Å². The first-order valence-electron chi connectivity index (χ1n) is 8.20. The first-order chi connectivity index (χ1) is 13.1. The van der Waals surface area contributed by atoms with E-state index < -0.39 is 5.82 Å². The van der Waals surface area contributed by atoms with Crippen LogP contribution in [-0.4, -0.2) is 27.6 Å². The molecule has 0 saturated heterocycles. The second-order valence-corrected chi connectivity index (χ2v) is 5.85. The molecule has 1 amide bonds. The summed E-state index contributed by atoms with van der Waals surface area (Å²) >= 11 is 0. The van der Waals surface area contributed by atoms with Crippen molar-refractivity contribution in [3.05, 3.63) is 78.2 Å². The largest absolute Gasteiger partial charge is 0.480 e. The Bertz CT molecular complexity index is 1120. The van der Waals surface area contributed by atoms with Crippen LogP contribution >= 0.6 is 0 Å². The van der Waals surface area contributed by atoms with E-state index in [-0.39, 0.29) is 11.5 Å². The Kier molecular flexibility index (Phi) is 4.25. The monoisotopic (exact) mass is 362 g/mol. The van der Waals surface area contributed by atoms with Gasteiger partial charge in [-0.2, -0.15) is 0 Å². The summed E-state index contributed by atoms with van der Waals surface area (Å²) in [5.74, 6) is -0.316. The Balaban J connectivity index is 1.54. The van der Waals surface area contributed by atoms with Crippen LogP contribution in [0.2, 0.25) is 0 Å². The molecule has 0 unspecified atom stereocenters. The summed E-state index contributed by atoms with van der Waals surface area (Å²) in [6.07, 6.45) is 1.80. The van der Waals surface area contributed by atoms with Crippen molar-refractivity contribution in [3.63, 3.8) is 0 Å². The summed E-state index contributed by atoms with van der Waals surface area (Å²) < 4.78 is 20.0. The van der Waals surface area contributed by atoms with Crippen molar-refractivity contribution in [2.75, 3.05) is 12.4 Å². The van der Waals surface area contributed by atoms with Gasteiger partial charge in [0.25, 0.3) is 5.91 Å². The molecule has 4 aromatic rings. The summed E-state index contributed by atoms with van der Waals surface area (Å²) in [5, 5.41) is 7.03. The molecule has 1 N–H and O–H groups in total. The van der Waals surface area contributed by atoms with Crippen LogP contribution < -0.4 is 10.1 Å². The Morgan fingerprint density at radius 2 is 1.93 bits per heavy atom. The summed E-state index contributed by atoms with van der Waals surface area (Å²) in [5.41, 5.74) is 3.20. The highest BCUT2D eigenvalue weighted by molar-refractivity contribution is 6.04. The number of anilines is 1. The Hall–Kier alpha value is -3.74. The predicted octanol–water partition coefficient (Wildman–Crippen LogP) is 3.80. The molecule has 0 aliphatic carbocycles. The number of ether oxygens (including phenoxy) is 1. The first-order valence-corrected chi connectivity index (χ1v) is 8.20. The number of aromatic nitrogens is 3. The summed E-state index contributed by atoms with van der Waals surface area (Å²) in [6.45, 7) is 0. The maximum atomic E-state index is 13.2. The van der Waals surface area contributed by atoms with Crippen LogP contribution in [0.4, 0.5) is 10.1 Å². The zero-order valence-corrected chi connectivity index (χ0v) is 14.4. The molecule has 2 aromatic heterocycles. The third-order valence-corrected chi connectivity index (χ3v) is 4.03. The van der Waals surface area contributed by atoms with E-state index in [1.165, 1.54) is 18.2 Å². The molecule has 0 aliphatic heterocycles. The van der Waals surface area contributed by atoms with Crippen molar-refractivity contribution in [2.24, 2.45) is 0 Å². The van der Waals surface area contributed by atoms with E-state index in [0.29, 0.717) is 17.2 Å². The molecule has 2 aromatic carbocycles. The number of amides is 1. The van der Waals surface area contributed by atoms with Gasteiger partial charge >= 0.3 is 0 Å². The molecule has 134 valence electrons. The van der Waals surface area contributed by atoms with E-state index in [1.807, 2.05) is 18.2 Å². The van der Waals surface area contributed by atoms with Crippen molar-refractivity contribution < 1.29 is 13.9 Å². The molecule has 4 rings (SSSR count). The molecule has 0 fully saturated rings. The van der Waals surface area contributed by atoms with E-state index in [1.54, 1.807) is 42.1 Å². The van der Waals surface area contributed by atoms with Gasteiger partial charge in [0.2, 0.25) is 5.88 Å². The maximum absolute atomic E-state index is 13.2. The minimum Gasteiger partial charge on any atom is -0.480 e. The van der Waals surface area contributed by atoms with Crippen LogP contribution in [-0.2, 0) is 0 Å². The fourth-order valence-electron chi connectivity index (χ4n) is 2.67. The number of methoxy groups -OCH3 is 1. The lowest BCUT2D eigenvalue weighted by molar-refractivity contribution is 0.102. The van der Waals surface area contributed by atoms with Crippen molar-refractivity contribution >= 4 is 17.2 Å². The number of imidazole rings is 1. The van der Waals surface area contributed by atoms with Gasteiger partial charge in [-0.05, 0) is 36.4 Å². The molecule has 0 saturated carbocycles. The van der Waals surface area contributed by atoms with E-state index in [4.69, 9.17) is 4.74 Å². The molecular formula is C20H15FN4O2. The van der Waals surface area contributed by atoms with E-state index in [2.05, 4.69) is 15.4 Å². The molecule has 2 heterocycles. The van der Waals surface area contributed by atoms with Crippen LogP contribution in [0.5, 0.6) is 5.88 Å². The van der Waals surface area contributed by atoms with Crippen molar-refractivity contribution in [3.8, 4) is 17.1 Å². The zero-order valence-electron chi connectivity index (χ0n) is 14.4. The number of nitrogens with one attached hydrogen (secondary N) is 1. The predicted molar refractivity (Wildman–Crippen MR) is 99.3 cm³/mol. The van der Waals surface area contributed by atoms with Crippen LogP contribution in [0, 0.1) is 5.82 Å². The van der Waals surface area contributed by atoms with Crippen molar-refractivity contribution in [1.82, 2.24) is 14.6 Å². The lowest BCUT2D eigenvalue weighted by Crippen LogP contribution is -2.11. The van der Waals surface area contributed by atoms with Gasteiger partial charge in [0, 0.05) is 22.9 Å². The van der Waals surface area contributed by atoms with Crippen molar-refractivity contribution in [2.45, 2.75) is 0 Å². The van der Waals surface area contributed by atoms with Crippen LogP contribution in [0.15, 0.2) is 66.9 Å². The summed E-state index contributed by atoms with van der Waals surface area (Å²) in [7, 11) is 1.56. The van der Waals surface area contributed by atoms with Crippen LogP contribution in [0.1, 0.15) is 10.4 Å². The van der Waals surface area contributed by atoms with Gasteiger partial charge in [0.1, 0.15) is 5.82 Å². The van der Waals surface area contributed by atoms with Gasteiger partial charge in [0.15, 0.2) is 5.65 Å². The number of carbonyl (C=O) groups excluding carboxylic acids is 1. The lowest BCUT2D eigenvalue weighted by atomic mass is 10.1. The van der Waals surface area contributed by atoms with E-state index in [0.717, 1.165) is 11.3 Å². The molecule has 6 nitrogen and oxygen atoms in total. The highest BCUT2D eigenvalue weighted by Crippen LogP contribution is 2.22. The average molecular weight is 362 g/mol. The van der Waals surface area contributed by atoms with Gasteiger partial charge in [-0.1, -0.05) is 18.2 Å². The smallest absolute Gasteiger partial charge is 0.255 e. The Morgan fingerprint density at radius 3 is 2.67 bits per heavy atom. The number of nitrogens with zero attached hydrogens (tertiary/aromatic N) is 3. The first kappa shape index (κ1) is 16.7. The van der Waals surface area contributed by atoms with Gasteiger partial charge in [-0.25, -0.2) is 13.9 Å². The molecular weight excluding hydrogens is 347 g/mol. The van der Waals surface area contributed by atoms with Crippen molar-refractivity contribution in [1.29, 1.82) is 0 Å². The van der Waals surface area contributed by atoms with Crippen LogP contribution in [0.3, 0.4) is 0 Å². The second kappa shape index (κ2) is 6.87. The third-order valence-electron chi connectivity index (χ3n) is 4.03. The minimum absolute atomic E-state index is 0.263. The lowest BCUT2D eigenvalue weighted by Gasteiger charge is -2.06. The number of carbonyl (C=O) groups is 1. The minimum atomic E-state index is -0.449. The number of hydrogen-bond acceptors (Lipinski definition) is 4. The number of fused-ring (bicyclic) bond motifs is 1. The van der Waals surface area contributed by atoms with E-state index in [9.17, 15) is 9.18 Å². The SMILES string of the molecule is COc1ccc2nc(-c3ccc(NC(=O)c4cccc(F)c4)cc3)cn2n1. The fraction of sp³-hybridized carbons (Fsp3) is 0.0500. The Morgan fingerprint density at radius 1 is 1.11 bits per heavy atom. The van der Waals surface area contributed by atoms with Crippen LogP contribution in [0.25, 0.3) is 16.9 Å². The maximum Gasteiger partial charge on any atom is 0.255 e. The molecule has 0 spiro atoms. The fourth-order valence-corrected chi connectivity index (χ4v) is 2.67. The zero-order chi connectivity index (χ0) is 18.8. The topological polar surface area (TPSA) is 68.5 Å². The molecule has 0 aliphatic rings. The van der Waals surface area contributed by atoms with Gasteiger partial charge in [0.05, 0.1) is 19.0 Å². The third kappa shape index (κ3) is 3.48. The molecule has 0 atom stereocenters. The van der Waals surface area contributed by atoms with Gasteiger partial charge in [-0.15, -0.1) is 5.10 Å². The standard InChI is InChI=1S/C20H15FN4O2/c1-27-19-10-9-18-23-17(12-25(18)24-19)13-5-7-16(8-6-13)22-20(26)14-3-2-4-15(21)11-14/h2-12H,1H3,(H,22,26). The summed E-state index contributed by atoms with van der Waals surface area (Å²) in [4.78, 5) is 16.7.